The van der Waals surface area contributed by atoms with E-state index in [1.165, 1.54) is 5.56 Å². The van der Waals surface area contributed by atoms with Gasteiger partial charge in [0.2, 0.25) is 0 Å². The molecule has 0 spiro atoms. The summed E-state index contributed by atoms with van der Waals surface area (Å²) in [7, 11) is 1.67. The van der Waals surface area contributed by atoms with Gasteiger partial charge in [0, 0.05) is 7.11 Å². The molecule has 3 nitrogen and oxygen atoms in total. The van der Waals surface area contributed by atoms with Crippen LogP contribution in [-0.2, 0) is 11.2 Å². The summed E-state index contributed by atoms with van der Waals surface area (Å²) in [6.07, 6.45) is 2.14. The van der Waals surface area contributed by atoms with Gasteiger partial charge in [-0.3, -0.25) is 0 Å². The van der Waals surface area contributed by atoms with E-state index in [9.17, 15) is 4.79 Å². The normalized spacial score (nSPS) is 12.0. The number of benzene rings is 2. The van der Waals surface area contributed by atoms with E-state index in [0.29, 0.717) is 11.3 Å². The van der Waals surface area contributed by atoms with E-state index in [0.717, 1.165) is 18.4 Å². The van der Waals surface area contributed by atoms with Gasteiger partial charge in [0.25, 0.3) is 0 Å². The second kappa shape index (κ2) is 7.76. The predicted molar refractivity (Wildman–Crippen MR) is 87.3 cm³/mol. The Kier molecular flexibility index (Phi) is 5.73. The number of rotatable bonds is 6. The Bertz CT molecular complexity index is 600. The Morgan fingerprint density at radius 3 is 2.23 bits per heavy atom. The average Bonchev–Trinajstić information content (AvgIpc) is 2.55. The van der Waals surface area contributed by atoms with Crippen molar-refractivity contribution in [3.63, 3.8) is 0 Å². The van der Waals surface area contributed by atoms with E-state index >= 15 is 0 Å². The highest BCUT2D eigenvalue weighted by Gasteiger charge is 2.09. The number of methoxy groups -OCH3 is 1. The van der Waals surface area contributed by atoms with Crippen LogP contribution in [0.1, 0.15) is 47.9 Å². The quantitative estimate of drug-likeness (QED) is 0.579. The van der Waals surface area contributed by atoms with Gasteiger partial charge < -0.3 is 9.47 Å². The van der Waals surface area contributed by atoms with E-state index in [2.05, 4.69) is 6.92 Å². The molecule has 0 N–H and O–H groups in total. The lowest BCUT2D eigenvalue weighted by atomic mass is 10.1. The highest BCUT2D eigenvalue weighted by Crippen LogP contribution is 2.20. The lowest BCUT2D eigenvalue weighted by Crippen LogP contribution is -2.08. The van der Waals surface area contributed by atoms with E-state index in [-0.39, 0.29) is 12.1 Å². The van der Waals surface area contributed by atoms with Crippen LogP contribution < -0.4 is 4.74 Å². The third-order valence-corrected chi connectivity index (χ3v) is 3.64. The fourth-order valence-corrected chi connectivity index (χ4v) is 2.21. The van der Waals surface area contributed by atoms with E-state index < -0.39 is 0 Å². The average molecular weight is 298 g/mol. The predicted octanol–water partition coefficient (Wildman–Crippen LogP) is 4.57. The first kappa shape index (κ1) is 16.2. The van der Waals surface area contributed by atoms with Gasteiger partial charge in [0.05, 0.1) is 11.7 Å². The minimum atomic E-state index is -0.337. The molecule has 0 radical (unpaired) electrons. The second-order valence-corrected chi connectivity index (χ2v) is 5.28. The molecule has 0 aliphatic carbocycles. The Balaban J connectivity index is 2.02. The molecule has 0 aliphatic rings. The highest BCUT2D eigenvalue weighted by molar-refractivity contribution is 5.91. The van der Waals surface area contributed by atoms with Crippen molar-refractivity contribution in [2.45, 2.75) is 32.8 Å². The SMILES string of the molecule is CCCc1ccc(C(=O)Oc2ccc(C(C)OC)cc2)cc1. The molecule has 0 saturated heterocycles. The van der Waals surface area contributed by atoms with Crippen LogP contribution >= 0.6 is 0 Å². The van der Waals surface area contributed by atoms with Crippen LogP contribution in [-0.4, -0.2) is 13.1 Å². The molecule has 0 fully saturated rings. The summed E-state index contributed by atoms with van der Waals surface area (Å²) in [6.45, 7) is 4.11. The molecule has 0 aliphatic heterocycles. The first-order valence-corrected chi connectivity index (χ1v) is 7.58. The zero-order valence-corrected chi connectivity index (χ0v) is 13.3. The number of hydrogen-bond acceptors (Lipinski definition) is 3. The molecule has 0 saturated carbocycles. The van der Waals surface area contributed by atoms with Gasteiger partial charge >= 0.3 is 5.97 Å². The van der Waals surface area contributed by atoms with Crippen LogP contribution in [0.4, 0.5) is 0 Å². The molecule has 0 amide bonds. The van der Waals surface area contributed by atoms with Crippen LogP contribution in [0.3, 0.4) is 0 Å². The van der Waals surface area contributed by atoms with E-state index in [4.69, 9.17) is 9.47 Å². The molecule has 0 bridgehead atoms. The van der Waals surface area contributed by atoms with Crippen molar-refractivity contribution in [2.24, 2.45) is 0 Å². The molecule has 0 aromatic heterocycles. The number of carbonyl (C=O) groups is 1. The molecule has 1 atom stereocenters. The van der Waals surface area contributed by atoms with Crippen molar-refractivity contribution in [1.29, 1.82) is 0 Å². The van der Waals surface area contributed by atoms with E-state index in [1.807, 2.05) is 43.3 Å². The molecular formula is C19H22O3. The summed E-state index contributed by atoms with van der Waals surface area (Å²) >= 11 is 0. The summed E-state index contributed by atoms with van der Waals surface area (Å²) in [4.78, 5) is 12.1. The Labute approximate surface area is 131 Å². The zero-order chi connectivity index (χ0) is 15.9. The minimum absolute atomic E-state index is 0.0239. The fourth-order valence-electron chi connectivity index (χ4n) is 2.21. The third-order valence-electron chi connectivity index (χ3n) is 3.64. The molecule has 22 heavy (non-hydrogen) atoms. The van der Waals surface area contributed by atoms with Gasteiger partial charge in [-0.15, -0.1) is 0 Å². The first-order valence-electron chi connectivity index (χ1n) is 7.58. The molecule has 2 rings (SSSR count). The van der Waals surface area contributed by atoms with Crippen molar-refractivity contribution in [3.05, 3.63) is 65.2 Å². The monoisotopic (exact) mass is 298 g/mol. The smallest absolute Gasteiger partial charge is 0.343 e. The standard InChI is InChI=1S/C19H22O3/c1-4-5-15-6-8-17(9-7-15)19(20)22-18-12-10-16(11-13-18)14(2)21-3/h6-14H,4-5H2,1-3H3. The Morgan fingerprint density at radius 2 is 1.68 bits per heavy atom. The topological polar surface area (TPSA) is 35.5 Å². The van der Waals surface area contributed by atoms with Gasteiger partial charge in [-0.1, -0.05) is 37.6 Å². The maximum absolute atomic E-state index is 12.1. The van der Waals surface area contributed by atoms with Crippen LogP contribution in [0.15, 0.2) is 48.5 Å². The Hall–Kier alpha value is -2.13. The van der Waals surface area contributed by atoms with Crippen LogP contribution in [0, 0.1) is 0 Å². The molecule has 116 valence electrons. The summed E-state index contributed by atoms with van der Waals surface area (Å²) in [5.41, 5.74) is 2.84. The zero-order valence-electron chi connectivity index (χ0n) is 13.3. The molecule has 1 unspecified atom stereocenters. The first-order chi connectivity index (χ1) is 10.6. The summed E-state index contributed by atoms with van der Waals surface area (Å²) < 4.78 is 10.6. The van der Waals surface area contributed by atoms with Crippen LogP contribution in [0.2, 0.25) is 0 Å². The minimum Gasteiger partial charge on any atom is -0.423 e. The van der Waals surface area contributed by atoms with Crippen molar-refractivity contribution < 1.29 is 14.3 Å². The molecule has 2 aromatic carbocycles. The van der Waals surface area contributed by atoms with Gasteiger partial charge in [0.15, 0.2) is 0 Å². The summed E-state index contributed by atoms with van der Waals surface area (Å²) in [5, 5.41) is 0. The van der Waals surface area contributed by atoms with Crippen molar-refractivity contribution in [2.75, 3.05) is 7.11 Å². The highest BCUT2D eigenvalue weighted by atomic mass is 16.5. The number of ether oxygens (including phenoxy) is 2. The fraction of sp³-hybridized carbons (Fsp3) is 0.316. The number of carbonyl (C=O) groups excluding carboxylic acids is 1. The van der Waals surface area contributed by atoms with Crippen molar-refractivity contribution >= 4 is 5.97 Å². The molecule has 2 aromatic rings. The second-order valence-electron chi connectivity index (χ2n) is 5.28. The lowest BCUT2D eigenvalue weighted by molar-refractivity contribution is 0.0734. The largest absolute Gasteiger partial charge is 0.423 e. The van der Waals surface area contributed by atoms with Gasteiger partial charge in [-0.25, -0.2) is 4.79 Å². The maximum atomic E-state index is 12.1. The number of hydrogen-bond donors (Lipinski definition) is 0. The van der Waals surface area contributed by atoms with Gasteiger partial charge in [-0.05, 0) is 48.7 Å². The van der Waals surface area contributed by atoms with Crippen LogP contribution in [0.5, 0.6) is 5.75 Å². The Morgan fingerprint density at radius 1 is 1.05 bits per heavy atom. The van der Waals surface area contributed by atoms with Crippen molar-refractivity contribution in [1.82, 2.24) is 0 Å². The molecular weight excluding hydrogens is 276 g/mol. The summed E-state index contributed by atoms with van der Waals surface area (Å²) in [6, 6.07) is 15.0. The van der Waals surface area contributed by atoms with Gasteiger partial charge in [-0.2, -0.15) is 0 Å². The molecule has 0 heterocycles. The maximum Gasteiger partial charge on any atom is 0.343 e. The van der Waals surface area contributed by atoms with Crippen molar-refractivity contribution in [3.8, 4) is 5.75 Å². The third kappa shape index (κ3) is 4.18. The number of aryl methyl sites for hydroxylation is 1. The molecule has 3 heteroatoms. The summed E-state index contributed by atoms with van der Waals surface area (Å²) in [5.74, 6) is 0.199. The van der Waals surface area contributed by atoms with Gasteiger partial charge in [0.1, 0.15) is 5.75 Å². The van der Waals surface area contributed by atoms with E-state index in [1.54, 1.807) is 19.2 Å². The number of esters is 1. The van der Waals surface area contributed by atoms with Crippen LogP contribution in [0.25, 0.3) is 0 Å². The lowest BCUT2D eigenvalue weighted by Gasteiger charge is -2.10.